The van der Waals surface area contributed by atoms with Gasteiger partial charge < -0.3 is 5.32 Å². The highest BCUT2D eigenvalue weighted by atomic mass is 32.2. The molecule has 11 heteroatoms. The summed E-state index contributed by atoms with van der Waals surface area (Å²) < 4.78 is 30.7. The number of hydrogen-bond acceptors (Lipinski definition) is 8. The van der Waals surface area contributed by atoms with Gasteiger partial charge in [-0.05, 0) is 48.3 Å². The summed E-state index contributed by atoms with van der Waals surface area (Å²) in [7, 11) is -3.82. The number of aromatic nitrogens is 4. The summed E-state index contributed by atoms with van der Waals surface area (Å²) in [6, 6.07) is 7.34. The van der Waals surface area contributed by atoms with Crippen LogP contribution in [-0.2, 0) is 16.4 Å². The summed E-state index contributed by atoms with van der Waals surface area (Å²) in [5.41, 5.74) is 1.08. The fraction of sp³-hybridized carbons (Fsp3) is 0.133. The van der Waals surface area contributed by atoms with Gasteiger partial charge in [-0.1, -0.05) is 11.4 Å². The molecule has 2 N–H and O–H groups in total. The lowest BCUT2D eigenvalue weighted by atomic mass is 10.2. The second kappa shape index (κ2) is 7.54. The molecule has 0 spiro atoms. The molecular weight excluding hydrogens is 376 g/mol. The topological polar surface area (TPSA) is 127 Å². The fourth-order valence-electron chi connectivity index (χ4n) is 2.05. The normalized spacial score (nSPS) is 11.1. The van der Waals surface area contributed by atoms with E-state index in [1.165, 1.54) is 36.7 Å². The maximum atomic E-state index is 12.3. The van der Waals surface area contributed by atoms with Gasteiger partial charge in [0.2, 0.25) is 5.95 Å². The quantitative estimate of drug-likeness (QED) is 0.658. The Bertz CT molecular complexity index is 1000. The Balaban J connectivity index is 1.73. The largest absolute Gasteiger partial charge is 0.321 e. The zero-order valence-electron chi connectivity index (χ0n) is 13.6. The van der Waals surface area contributed by atoms with Crippen LogP contribution in [0.25, 0.3) is 0 Å². The van der Waals surface area contributed by atoms with Crippen molar-refractivity contribution in [3.05, 3.63) is 53.3 Å². The first-order valence-corrected chi connectivity index (χ1v) is 9.77. The lowest BCUT2D eigenvalue weighted by Crippen LogP contribution is -2.15. The van der Waals surface area contributed by atoms with Crippen molar-refractivity contribution >= 4 is 39.1 Å². The highest BCUT2D eigenvalue weighted by molar-refractivity contribution is 7.92. The Hall–Kier alpha value is -2.92. The van der Waals surface area contributed by atoms with Gasteiger partial charge in [0.25, 0.3) is 15.9 Å². The summed E-state index contributed by atoms with van der Waals surface area (Å²) in [5.74, 6) is -0.349. The fourth-order valence-corrected chi connectivity index (χ4v) is 3.65. The van der Waals surface area contributed by atoms with E-state index in [9.17, 15) is 13.2 Å². The smallest absolute Gasteiger partial charge is 0.269 e. The van der Waals surface area contributed by atoms with Crippen molar-refractivity contribution in [2.75, 3.05) is 10.0 Å². The second-order valence-corrected chi connectivity index (χ2v) is 7.50. The molecule has 0 unspecified atom stereocenters. The van der Waals surface area contributed by atoms with Crippen molar-refractivity contribution < 1.29 is 13.2 Å². The number of rotatable bonds is 6. The Morgan fingerprint density at radius 1 is 1.15 bits per heavy atom. The minimum Gasteiger partial charge on any atom is -0.321 e. The Morgan fingerprint density at radius 3 is 2.50 bits per heavy atom. The molecule has 2 heterocycles. The van der Waals surface area contributed by atoms with Crippen LogP contribution in [-0.4, -0.2) is 33.9 Å². The summed E-state index contributed by atoms with van der Waals surface area (Å²) in [5, 5.41) is 6.59. The summed E-state index contributed by atoms with van der Waals surface area (Å²) >= 11 is 1.02. The maximum absolute atomic E-state index is 12.3. The van der Waals surface area contributed by atoms with Crippen molar-refractivity contribution in [1.82, 2.24) is 19.6 Å². The van der Waals surface area contributed by atoms with Gasteiger partial charge in [0, 0.05) is 18.1 Å². The number of sulfonamides is 1. The van der Waals surface area contributed by atoms with Crippen LogP contribution in [0.1, 0.15) is 22.3 Å². The van der Waals surface area contributed by atoms with E-state index in [0.29, 0.717) is 22.7 Å². The molecule has 0 saturated heterocycles. The molecule has 1 amide bonds. The van der Waals surface area contributed by atoms with E-state index in [2.05, 4.69) is 29.6 Å². The van der Waals surface area contributed by atoms with Crippen molar-refractivity contribution in [3.63, 3.8) is 0 Å². The predicted octanol–water partition coefficient (Wildman–Crippen LogP) is 1.94. The molecule has 1 aromatic carbocycles. The van der Waals surface area contributed by atoms with E-state index in [0.717, 1.165) is 11.5 Å². The first kappa shape index (κ1) is 17.9. The molecule has 0 atom stereocenters. The second-order valence-electron chi connectivity index (χ2n) is 5.06. The number of nitrogens with one attached hydrogen (secondary N) is 2. The average Bonchev–Trinajstić information content (AvgIpc) is 3.11. The molecule has 2 aromatic heterocycles. The van der Waals surface area contributed by atoms with Crippen molar-refractivity contribution in [1.29, 1.82) is 0 Å². The molecule has 134 valence electrons. The van der Waals surface area contributed by atoms with Crippen LogP contribution >= 0.6 is 11.5 Å². The average molecular weight is 390 g/mol. The SMILES string of the molecule is CCc1nnsc1C(=O)Nc1ccc(S(=O)(=O)Nc2ncccn2)cc1. The minimum atomic E-state index is -3.82. The number of anilines is 2. The first-order valence-electron chi connectivity index (χ1n) is 7.52. The van der Waals surface area contributed by atoms with Gasteiger partial charge in [-0.25, -0.2) is 23.1 Å². The predicted molar refractivity (Wildman–Crippen MR) is 96.5 cm³/mol. The van der Waals surface area contributed by atoms with E-state index in [-0.39, 0.29) is 16.8 Å². The van der Waals surface area contributed by atoms with E-state index in [1.54, 1.807) is 6.07 Å². The van der Waals surface area contributed by atoms with Gasteiger partial charge >= 0.3 is 0 Å². The summed E-state index contributed by atoms with van der Waals surface area (Å²) in [6.45, 7) is 1.89. The molecule has 0 fully saturated rings. The Kier molecular flexibility index (Phi) is 5.19. The molecule has 0 bridgehead atoms. The number of amides is 1. The zero-order valence-corrected chi connectivity index (χ0v) is 15.2. The highest BCUT2D eigenvalue weighted by Gasteiger charge is 2.17. The Morgan fingerprint density at radius 2 is 1.85 bits per heavy atom. The summed E-state index contributed by atoms with van der Waals surface area (Å²) in [6.07, 6.45) is 3.47. The van der Waals surface area contributed by atoms with Gasteiger partial charge in [0.15, 0.2) is 0 Å². The number of nitrogens with zero attached hydrogens (tertiary/aromatic N) is 4. The third-order valence-corrected chi connectivity index (χ3v) is 5.42. The molecule has 0 saturated carbocycles. The molecule has 26 heavy (non-hydrogen) atoms. The number of aryl methyl sites for hydroxylation is 1. The number of carbonyl (C=O) groups is 1. The number of benzene rings is 1. The molecule has 3 rings (SSSR count). The van der Waals surface area contributed by atoms with Crippen LogP contribution in [0, 0.1) is 0 Å². The molecule has 3 aromatic rings. The first-order chi connectivity index (χ1) is 12.5. The van der Waals surface area contributed by atoms with Gasteiger partial charge in [-0.15, -0.1) is 5.10 Å². The number of carbonyl (C=O) groups excluding carboxylic acids is 1. The number of hydrogen-bond donors (Lipinski definition) is 2. The molecule has 0 aliphatic rings. The molecule has 0 aliphatic carbocycles. The molecule has 0 aliphatic heterocycles. The molecule has 0 radical (unpaired) electrons. The summed E-state index contributed by atoms with van der Waals surface area (Å²) in [4.78, 5) is 20.4. The third kappa shape index (κ3) is 4.00. The Labute approximate surface area is 153 Å². The van der Waals surface area contributed by atoms with Gasteiger partial charge in [0.05, 0.1) is 10.6 Å². The van der Waals surface area contributed by atoms with Crippen molar-refractivity contribution in [2.45, 2.75) is 18.2 Å². The van der Waals surface area contributed by atoms with Gasteiger partial charge in [0.1, 0.15) is 4.88 Å². The van der Waals surface area contributed by atoms with Crippen LogP contribution in [0.15, 0.2) is 47.6 Å². The van der Waals surface area contributed by atoms with Gasteiger partial charge in [-0.2, -0.15) is 0 Å². The van der Waals surface area contributed by atoms with Gasteiger partial charge in [-0.3, -0.25) is 4.79 Å². The maximum Gasteiger partial charge on any atom is 0.269 e. The van der Waals surface area contributed by atoms with E-state index in [4.69, 9.17) is 0 Å². The van der Waals surface area contributed by atoms with Crippen molar-refractivity contribution in [2.24, 2.45) is 0 Å². The monoisotopic (exact) mass is 390 g/mol. The molecular formula is C15H14N6O3S2. The van der Waals surface area contributed by atoms with E-state index < -0.39 is 10.0 Å². The lowest BCUT2D eigenvalue weighted by Gasteiger charge is -2.08. The van der Waals surface area contributed by atoms with Crippen LogP contribution in [0.3, 0.4) is 0 Å². The van der Waals surface area contributed by atoms with Crippen LogP contribution in [0.5, 0.6) is 0 Å². The van der Waals surface area contributed by atoms with E-state index >= 15 is 0 Å². The van der Waals surface area contributed by atoms with Crippen LogP contribution in [0.2, 0.25) is 0 Å². The van der Waals surface area contributed by atoms with Crippen LogP contribution < -0.4 is 10.0 Å². The lowest BCUT2D eigenvalue weighted by molar-refractivity contribution is 0.102. The minimum absolute atomic E-state index is 0.0188. The van der Waals surface area contributed by atoms with Crippen LogP contribution in [0.4, 0.5) is 11.6 Å². The third-order valence-electron chi connectivity index (χ3n) is 3.31. The zero-order chi connectivity index (χ0) is 18.6. The highest BCUT2D eigenvalue weighted by Crippen LogP contribution is 2.18. The van der Waals surface area contributed by atoms with E-state index in [1.807, 2.05) is 6.92 Å². The standard InChI is InChI=1S/C15H14N6O3S2/c1-2-12-13(25-21-19-12)14(22)18-10-4-6-11(7-5-10)26(23,24)20-15-16-8-3-9-17-15/h3-9H,2H2,1H3,(H,18,22)(H,16,17,20). The molecule has 9 nitrogen and oxygen atoms in total. The van der Waals surface area contributed by atoms with Crippen molar-refractivity contribution in [3.8, 4) is 0 Å².